The van der Waals surface area contributed by atoms with Crippen molar-refractivity contribution in [2.24, 2.45) is 0 Å². The Morgan fingerprint density at radius 2 is 1.75 bits per heavy atom. The Morgan fingerprint density at radius 1 is 1.04 bits per heavy atom. The van der Waals surface area contributed by atoms with Crippen LogP contribution >= 0.6 is 27.7 Å². The smallest absolute Gasteiger partial charge is 0.161 e. The SMILES string of the molecule is CS(=O)(=O)CCSc1nc(-c2ccc(Br)cc2)nc2ccccc12. The molecule has 1 aromatic heterocycles. The quantitative estimate of drug-likeness (QED) is 0.455. The zero-order chi connectivity index (χ0) is 17.2. The van der Waals surface area contributed by atoms with Crippen molar-refractivity contribution in [3.8, 4) is 11.4 Å². The molecule has 0 spiro atoms. The Labute approximate surface area is 153 Å². The third-order valence-electron chi connectivity index (χ3n) is 3.36. The first-order valence-electron chi connectivity index (χ1n) is 7.26. The Kier molecular flexibility index (Phi) is 5.22. The molecule has 0 saturated heterocycles. The van der Waals surface area contributed by atoms with E-state index in [0.717, 1.165) is 26.0 Å². The number of sulfone groups is 1. The van der Waals surface area contributed by atoms with Gasteiger partial charge in [0.1, 0.15) is 14.9 Å². The minimum atomic E-state index is -2.98. The maximum Gasteiger partial charge on any atom is 0.161 e. The lowest BCUT2D eigenvalue weighted by atomic mass is 10.2. The van der Waals surface area contributed by atoms with Gasteiger partial charge in [-0.3, -0.25) is 0 Å². The van der Waals surface area contributed by atoms with Crippen LogP contribution in [0.4, 0.5) is 0 Å². The summed E-state index contributed by atoms with van der Waals surface area (Å²) in [5.41, 5.74) is 1.78. The van der Waals surface area contributed by atoms with Gasteiger partial charge in [-0.1, -0.05) is 46.3 Å². The van der Waals surface area contributed by atoms with Crippen molar-refractivity contribution in [1.29, 1.82) is 0 Å². The topological polar surface area (TPSA) is 59.9 Å². The second kappa shape index (κ2) is 7.21. The van der Waals surface area contributed by atoms with E-state index in [-0.39, 0.29) is 5.75 Å². The van der Waals surface area contributed by atoms with Gasteiger partial charge in [-0.15, -0.1) is 11.8 Å². The monoisotopic (exact) mass is 422 g/mol. The molecule has 0 saturated carbocycles. The fourth-order valence-corrected chi connectivity index (χ4v) is 4.66. The average Bonchev–Trinajstić information content (AvgIpc) is 2.54. The number of aromatic nitrogens is 2. The van der Waals surface area contributed by atoms with Crippen LogP contribution in [0, 0.1) is 0 Å². The van der Waals surface area contributed by atoms with Crippen molar-refractivity contribution < 1.29 is 8.42 Å². The van der Waals surface area contributed by atoms with E-state index in [2.05, 4.69) is 25.9 Å². The summed E-state index contributed by atoms with van der Waals surface area (Å²) in [5.74, 6) is 1.24. The van der Waals surface area contributed by atoms with Crippen LogP contribution in [0.1, 0.15) is 0 Å². The van der Waals surface area contributed by atoms with Crippen LogP contribution in [0.3, 0.4) is 0 Å². The summed E-state index contributed by atoms with van der Waals surface area (Å²) < 4.78 is 23.7. The van der Waals surface area contributed by atoms with Crippen molar-refractivity contribution in [1.82, 2.24) is 9.97 Å². The standard InChI is InChI=1S/C17H15BrN2O2S2/c1-24(21,22)11-10-23-17-14-4-2-3-5-15(14)19-16(20-17)12-6-8-13(18)9-7-12/h2-9H,10-11H2,1H3. The average molecular weight is 423 g/mol. The molecular formula is C17H15BrN2O2S2. The minimum Gasteiger partial charge on any atom is -0.229 e. The predicted octanol–water partition coefficient (Wildman–Crippen LogP) is 4.20. The lowest BCUT2D eigenvalue weighted by molar-refractivity contribution is 0.603. The summed E-state index contributed by atoms with van der Waals surface area (Å²) in [7, 11) is -2.98. The van der Waals surface area contributed by atoms with Crippen LogP contribution in [-0.4, -0.2) is 36.1 Å². The zero-order valence-corrected chi connectivity index (χ0v) is 16.2. The molecule has 124 valence electrons. The first-order chi connectivity index (χ1) is 11.4. The van der Waals surface area contributed by atoms with E-state index >= 15 is 0 Å². The number of thioether (sulfide) groups is 1. The Balaban J connectivity index is 2.01. The van der Waals surface area contributed by atoms with Crippen molar-refractivity contribution >= 4 is 48.4 Å². The van der Waals surface area contributed by atoms with Crippen molar-refractivity contribution in [2.45, 2.75) is 5.03 Å². The summed E-state index contributed by atoms with van der Waals surface area (Å²) in [5, 5.41) is 1.75. The maximum atomic E-state index is 11.4. The van der Waals surface area contributed by atoms with E-state index in [0.29, 0.717) is 11.6 Å². The number of nitrogens with zero attached hydrogens (tertiary/aromatic N) is 2. The molecule has 0 radical (unpaired) electrons. The highest BCUT2D eigenvalue weighted by Crippen LogP contribution is 2.28. The number of hydrogen-bond donors (Lipinski definition) is 0. The van der Waals surface area contributed by atoms with Gasteiger partial charge < -0.3 is 0 Å². The molecule has 7 heteroatoms. The number of rotatable bonds is 5. The lowest BCUT2D eigenvalue weighted by Gasteiger charge is -2.08. The van der Waals surface area contributed by atoms with Gasteiger partial charge in [0, 0.05) is 27.4 Å². The molecule has 0 bridgehead atoms. The van der Waals surface area contributed by atoms with E-state index in [9.17, 15) is 8.42 Å². The van der Waals surface area contributed by atoms with Gasteiger partial charge in [0.25, 0.3) is 0 Å². The molecular weight excluding hydrogens is 408 g/mol. The molecule has 0 fully saturated rings. The van der Waals surface area contributed by atoms with E-state index in [1.54, 1.807) is 0 Å². The number of hydrogen-bond acceptors (Lipinski definition) is 5. The van der Waals surface area contributed by atoms with Crippen LogP contribution in [0.15, 0.2) is 58.0 Å². The lowest BCUT2D eigenvalue weighted by Crippen LogP contribution is -2.05. The second-order valence-corrected chi connectivity index (χ2v) is 9.61. The minimum absolute atomic E-state index is 0.129. The summed E-state index contributed by atoms with van der Waals surface area (Å²) in [6.07, 6.45) is 1.25. The van der Waals surface area contributed by atoms with Crippen LogP contribution in [0.5, 0.6) is 0 Å². The van der Waals surface area contributed by atoms with Gasteiger partial charge in [-0.05, 0) is 18.2 Å². The maximum absolute atomic E-state index is 11.4. The molecule has 0 aliphatic rings. The summed E-state index contributed by atoms with van der Waals surface area (Å²) in [4.78, 5) is 9.30. The molecule has 0 atom stereocenters. The predicted molar refractivity (Wildman–Crippen MR) is 103 cm³/mol. The highest BCUT2D eigenvalue weighted by molar-refractivity contribution is 9.10. The normalized spacial score (nSPS) is 11.8. The number of halogens is 1. The third kappa shape index (κ3) is 4.34. The Hall–Kier alpha value is -1.44. The summed E-state index contributed by atoms with van der Waals surface area (Å²) >= 11 is 4.87. The molecule has 0 aliphatic carbocycles. The van der Waals surface area contributed by atoms with Gasteiger partial charge >= 0.3 is 0 Å². The highest BCUT2D eigenvalue weighted by atomic mass is 79.9. The molecule has 3 aromatic rings. The van der Waals surface area contributed by atoms with Crippen LogP contribution < -0.4 is 0 Å². The molecule has 2 aromatic carbocycles. The van der Waals surface area contributed by atoms with Gasteiger partial charge in [0.15, 0.2) is 5.82 Å². The second-order valence-electron chi connectivity index (χ2n) is 5.35. The molecule has 0 N–H and O–H groups in total. The van der Waals surface area contributed by atoms with Crippen LogP contribution in [0.2, 0.25) is 0 Å². The zero-order valence-electron chi connectivity index (χ0n) is 12.9. The fourth-order valence-electron chi connectivity index (χ4n) is 2.18. The largest absolute Gasteiger partial charge is 0.229 e. The van der Waals surface area contributed by atoms with E-state index < -0.39 is 9.84 Å². The summed E-state index contributed by atoms with van der Waals surface area (Å²) in [6, 6.07) is 15.6. The van der Waals surface area contributed by atoms with Gasteiger partial charge in [-0.25, -0.2) is 18.4 Å². The Bertz CT molecular complexity index is 974. The third-order valence-corrected chi connectivity index (χ3v) is 6.09. The number of para-hydroxylation sites is 1. The molecule has 1 heterocycles. The fraction of sp³-hybridized carbons (Fsp3) is 0.176. The molecule has 0 unspecified atom stereocenters. The van der Waals surface area contributed by atoms with Gasteiger partial charge in [-0.2, -0.15) is 0 Å². The molecule has 24 heavy (non-hydrogen) atoms. The van der Waals surface area contributed by atoms with Crippen molar-refractivity contribution in [3.63, 3.8) is 0 Å². The molecule has 3 rings (SSSR count). The van der Waals surface area contributed by atoms with Crippen LogP contribution in [0.25, 0.3) is 22.3 Å². The number of fused-ring (bicyclic) bond motifs is 1. The van der Waals surface area contributed by atoms with Crippen molar-refractivity contribution in [3.05, 3.63) is 53.0 Å². The Morgan fingerprint density at radius 3 is 2.46 bits per heavy atom. The van der Waals surface area contributed by atoms with Crippen LogP contribution in [-0.2, 0) is 9.84 Å². The van der Waals surface area contributed by atoms with E-state index in [1.807, 2.05) is 48.5 Å². The van der Waals surface area contributed by atoms with E-state index in [4.69, 9.17) is 0 Å². The molecule has 0 amide bonds. The molecule has 0 aliphatic heterocycles. The first-order valence-corrected chi connectivity index (χ1v) is 11.1. The van der Waals surface area contributed by atoms with Gasteiger partial charge in [0.2, 0.25) is 0 Å². The van der Waals surface area contributed by atoms with E-state index in [1.165, 1.54) is 18.0 Å². The first kappa shape index (κ1) is 17.4. The highest BCUT2D eigenvalue weighted by Gasteiger charge is 2.11. The molecule has 4 nitrogen and oxygen atoms in total. The number of benzene rings is 2. The summed E-state index contributed by atoms with van der Waals surface area (Å²) in [6.45, 7) is 0. The van der Waals surface area contributed by atoms with Gasteiger partial charge in [0.05, 0.1) is 11.3 Å². The van der Waals surface area contributed by atoms with Crippen molar-refractivity contribution in [2.75, 3.05) is 17.8 Å².